The van der Waals surface area contributed by atoms with Crippen LogP contribution in [-0.4, -0.2) is 39.9 Å². The largest absolute Gasteiger partial charge is 0.350 e. The zero-order valence-corrected chi connectivity index (χ0v) is 15.9. The Labute approximate surface area is 165 Å². The second-order valence-electron chi connectivity index (χ2n) is 5.74. The van der Waals surface area contributed by atoms with E-state index in [-0.39, 0.29) is 24.9 Å². The van der Waals surface area contributed by atoms with Crippen LogP contribution in [0.5, 0.6) is 0 Å². The summed E-state index contributed by atoms with van der Waals surface area (Å²) >= 11 is 1.24. The van der Waals surface area contributed by atoms with Gasteiger partial charge in [-0.15, -0.1) is 11.3 Å². The molecule has 0 aliphatic carbocycles. The summed E-state index contributed by atoms with van der Waals surface area (Å²) in [5.74, 6) is -0.509. The smallest absolute Gasteiger partial charge is 0.263 e. The molecule has 0 aliphatic rings. The van der Waals surface area contributed by atoms with Crippen molar-refractivity contribution in [2.75, 3.05) is 13.1 Å². The summed E-state index contributed by atoms with van der Waals surface area (Å²) < 4.78 is 12.9. The molecule has 0 fully saturated rings. The lowest BCUT2D eigenvalue weighted by atomic mass is 10.2. The molecular formula is C19H18FN5O2S. The molecule has 9 heteroatoms. The number of nitrogens with one attached hydrogen (secondary N) is 2. The van der Waals surface area contributed by atoms with E-state index in [4.69, 9.17) is 0 Å². The lowest BCUT2D eigenvalue weighted by molar-refractivity contribution is 0.0929. The molecule has 0 atom stereocenters. The summed E-state index contributed by atoms with van der Waals surface area (Å²) in [4.78, 5) is 37.7. The van der Waals surface area contributed by atoms with Gasteiger partial charge in [0.2, 0.25) is 0 Å². The molecule has 2 amide bonds. The Morgan fingerprint density at radius 3 is 2.32 bits per heavy atom. The van der Waals surface area contributed by atoms with Crippen molar-refractivity contribution in [1.29, 1.82) is 0 Å². The first-order chi connectivity index (χ1) is 13.6. The highest BCUT2D eigenvalue weighted by atomic mass is 32.1. The minimum absolute atomic E-state index is 0.247. The highest BCUT2D eigenvalue weighted by Gasteiger charge is 2.18. The van der Waals surface area contributed by atoms with Crippen molar-refractivity contribution in [2.45, 2.75) is 13.3 Å². The first-order valence-corrected chi connectivity index (χ1v) is 9.49. The molecule has 3 aromatic rings. The number of hydrogen-bond donors (Lipinski definition) is 2. The third-order valence-electron chi connectivity index (χ3n) is 3.80. The number of carbonyl (C=O) groups is 2. The van der Waals surface area contributed by atoms with Crippen LogP contribution in [0.3, 0.4) is 0 Å². The van der Waals surface area contributed by atoms with Gasteiger partial charge in [0.25, 0.3) is 11.8 Å². The van der Waals surface area contributed by atoms with Crippen LogP contribution in [0.4, 0.5) is 4.39 Å². The van der Waals surface area contributed by atoms with E-state index in [1.807, 2.05) is 6.92 Å². The third kappa shape index (κ3) is 4.74. The summed E-state index contributed by atoms with van der Waals surface area (Å²) in [5.41, 5.74) is 1.04. The standard InChI is InChI=1S/C19H18FN5O2S/c1-2-14-15(28-19(25-14)16-21-8-3-9-22-16)18(27)24-11-10-23-17(26)12-4-6-13(20)7-5-12/h3-9H,2,10-11H2,1H3,(H,23,26)(H,24,27). The first kappa shape index (κ1) is 19.6. The van der Waals surface area contributed by atoms with E-state index in [0.29, 0.717) is 33.4 Å². The van der Waals surface area contributed by atoms with Crippen molar-refractivity contribution in [2.24, 2.45) is 0 Å². The predicted octanol–water partition coefficient (Wildman–Crippen LogP) is 2.46. The topological polar surface area (TPSA) is 96.9 Å². The molecule has 28 heavy (non-hydrogen) atoms. The minimum atomic E-state index is -0.402. The average Bonchev–Trinajstić information content (AvgIpc) is 3.17. The van der Waals surface area contributed by atoms with Crippen LogP contribution in [-0.2, 0) is 6.42 Å². The summed E-state index contributed by atoms with van der Waals surface area (Å²) in [6.45, 7) is 2.42. The van der Waals surface area contributed by atoms with E-state index in [1.54, 1.807) is 18.5 Å². The van der Waals surface area contributed by atoms with E-state index in [0.717, 1.165) is 0 Å². The maximum Gasteiger partial charge on any atom is 0.263 e. The van der Waals surface area contributed by atoms with Gasteiger partial charge in [0.1, 0.15) is 10.7 Å². The fourth-order valence-corrected chi connectivity index (χ4v) is 3.43. The van der Waals surface area contributed by atoms with Crippen molar-refractivity contribution in [1.82, 2.24) is 25.6 Å². The number of benzene rings is 1. The van der Waals surface area contributed by atoms with Crippen LogP contribution in [0.1, 0.15) is 32.6 Å². The van der Waals surface area contributed by atoms with Crippen LogP contribution >= 0.6 is 11.3 Å². The molecule has 7 nitrogen and oxygen atoms in total. The molecule has 0 bridgehead atoms. The quantitative estimate of drug-likeness (QED) is 0.595. The van der Waals surface area contributed by atoms with Gasteiger partial charge in [0.15, 0.2) is 10.8 Å². The molecule has 0 spiro atoms. The Bertz CT molecular complexity index is 960. The number of nitrogens with zero attached hydrogens (tertiary/aromatic N) is 3. The first-order valence-electron chi connectivity index (χ1n) is 8.67. The van der Waals surface area contributed by atoms with E-state index >= 15 is 0 Å². The molecule has 0 saturated heterocycles. The molecule has 0 saturated carbocycles. The second-order valence-corrected chi connectivity index (χ2v) is 6.74. The van der Waals surface area contributed by atoms with Crippen LogP contribution < -0.4 is 10.6 Å². The molecule has 0 unspecified atom stereocenters. The lowest BCUT2D eigenvalue weighted by Gasteiger charge is -2.07. The Morgan fingerprint density at radius 2 is 1.68 bits per heavy atom. The van der Waals surface area contributed by atoms with Gasteiger partial charge in [-0.05, 0) is 36.8 Å². The van der Waals surface area contributed by atoms with Gasteiger partial charge in [0.05, 0.1) is 5.69 Å². The lowest BCUT2D eigenvalue weighted by Crippen LogP contribution is -2.34. The molecule has 0 aliphatic heterocycles. The summed E-state index contributed by atoms with van der Waals surface area (Å²) in [5, 5.41) is 6.04. The molecular weight excluding hydrogens is 381 g/mol. The molecule has 3 rings (SSSR count). The normalized spacial score (nSPS) is 10.5. The Balaban J connectivity index is 1.55. The predicted molar refractivity (Wildman–Crippen MR) is 104 cm³/mol. The van der Waals surface area contributed by atoms with E-state index in [2.05, 4.69) is 25.6 Å². The molecule has 2 N–H and O–H groups in total. The number of hydrogen-bond acceptors (Lipinski definition) is 6. The van der Waals surface area contributed by atoms with Crippen LogP contribution in [0, 0.1) is 5.82 Å². The monoisotopic (exact) mass is 399 g/mol. The molecule has 144 valence electrons. The van der Waals surface area contributed by atoms with Crippen LogP contribution in [0.25, 0.3) is 10.8 Å². The average molecular weight is 399 g/mol. The number of rotatable bonds is 7. The number of thiazole rings is 1. The number of aryl methyl sites for hydroxylation is 1. The number of carbonyl (C=O) groups excluding carboxylic acids is 2. The van der Waals surface area contributed by atoms with Gasteiger partial charge in [-0.2, -0.15) is 0 Å². The minimum Gasteiger partial charge on any atom is -0.350 e. The SMILES string of the molecule is CCc1nc(-c2ncccn2)sc1C(=O)NCCNC(=O)c1ccc(F)cc1. The maximum absolute atomic E-state index is 12.9. The Kier molecular flexibility index (Phi) is 6.38. The van der Waals surface area contributed by atoms with Gasteiger partial charge in [-0.3, -0.25) is 9.59 Å². The van der Waals surface area contributed by atoms with Gasteiger partial charge in [0, 0.05) is 31.0 Å². The number of aromatic nitrogens is 3. The van der Waals surface area contributed by atoms with E-state index < -0.39 is 5.82 Å². The van der Waals surface area contributed by atoms with Gasteiger partial charge in [-0.1, -0.05) is 6.92 Å². The van der Waals surface area contributed by atoms with Crippen LogP contribution in [0.2, 0.25) is 0 Å². The van der Waals surface area contributed by atoms with Crippen molar-refractivity contribution in [3.05, 3.63) is 64.7 Å². The third-order valence-corrected chi connectivity index (χ3v) is 4.89. The van der Waals surface area contributed by atoms with Crippen LogP contribution in [0.15, 0.2) is 42.7 Å². The molecule has 2 aromatic heterocycles. The second kappa shape index (κ2) is 9.14. The van der Waals surface area contributed by atoms with Crippen molar-refractivity contribution in [3.8, 4) is 10.8 Å². The Hall–Kier alpha value is -3.20. The fourth-order valence-electron chi connectivity index (χ4n) is 2.41. The van der Waals surface area contributed by atoms with Gasteiger partial charge < -0.3 is 10.6 Å². The summed E-state index contributed by atoms with van der Waals surface area (Å²) in [7, 11) is 0. The number of amides is 2. The zero-order valence-electron chi connectivity index (χ0n) is 15.1. The molecule has 1 aromatic carbocycles. The van der Waals surface area contributed by atoms with Gasteiger partial charge in [-0.25, -0.2) is 19.3 Å². The maximum atomic E-state index is 12.9. The van der Waals surface area contributed by atoms with Crippen molar-refractivity contribution < 1.29 is 14.0 Å². The highest BCUT2D eigenvalue weighted by Crippen LogP contribution is 2.25. The van der Waals surface area contributed by atoms with Crippen molar-refractivity contribution in [3.63, 3.8) is 0 Å². The molecule has 2 heterocycles. The van der Waals surface area contributed by atoms with E-state index in [9.17, 15) is 14.0 Å². The van der Waals surface area contributed by atoms with E-state index in [1.165, 1.54) is 35.6 Å². The summed E-state index contributed by atoms with van der Waals surface area (Å²) in [6.07, 6.45) is 3.85. The zero-order chi connectivity index (χ0) is 19.9. The fraction of sp³-hybridized carbons (Fsp3) is 0.211. The molecule has 0 radical (unpaired) electrons. The number of halogens is 1. The highest BCUT2D eigenvalue weighted by molar-refractivity contribution is 7.17. The summed E-state index contributed by atoms with van der Waals surface area (Å²) in [6, 6.07) is 6.97. The van der Waals surface area contributed by atoms with Crippen molar-refractivity contribution >= 4 is 23.2 Å². The van der Waals surface area contributed by atoms with Gasteiger partial charge >= 0.3 is 0 Å². The Morgan fingerprint density at radius 1 is 1.04 bits per heavy atom.